The summed E-state index contributed by atoms with van der Waals surface area (Å²) in [5, 5.41) is 7.85. The summed E-state index contributed by atoms with van der Waals surface area (Å²) in [4.78, 5) is 12.2. The van der Waals surface area contributed by atoms with Crippen molar-refractivity contribution < 1.29 is 0 Å². The van der Waals surface area contributed by atoms with Crippen molar-refractivity contribution in [1.82, 2.24) is 19.8 Å². The van der Waals surface area contributed by atoms with Crippen LogP contribution in [0.1, 0.15) is 57.1 Å². The van der Waals surface area contributed by atoms with E-state index >= 15 is 0 Å². The van der Waals surface area contributed by atoms with E-state index in [0.717, 1.165) is 41.5 Å². The van der Waals surface area contributed by atoms with Crippen molar-refractivity contribution in [2.75, 3.05) is 0 Å². The number of aromatic nitrogens is 4. The fourth-order valence-corrected chi connectivity index (χ4v) is 2.77. The summed E-state index contributed by atoms with van der Waals surface area (Å²) in [6.45, 7) is 6.47. The number of hydrogen-bond donors (Lipinski definition) is 0. The molecule has 1 heterocycles. The molecule has 0 N–H and O–H groups in total. The van der Waals surface area contributed by atoms with Crippen molar-refractivity contribution in [3.8, 4) is 5.69 Å². The molecule has 0 spiro atoms. The van der Waals surface area contributed by atoms with E-state index in [9.17, 15) is 4.79 Å². The molecule has 0 saturated heterocycles. The average Bonchev–Trinajstić information content (AvgIpc) is 3.27. The van der Waals surface area contributed by atoms with Gasteiger partial charge in [-0.2, -0.15) is 9.36 Å². The van der Waals surface area contributed by atoms with Crippen LogP contribution >= 0.6 is 0 Å². The monoisotopic (exact) mass is 296 g/mol. The molecule has 3 rings (SSSR count). The van der Waals surface area contributed by atoms with Gasteiger partial charge in [0.1, 0.15) is 7.85 Å². The molecule has 0 unspecified atom stereocenters. The highest BCUT2D eigenvalue weighted by atomic mass is 16.2. The van der Waals surface area contributed by atoms with Gasteiger partial charge >= 0.3 is 5.69 Å². The number of aryl methyl sites for hydroxylation is 1. The predicted octanol–water partition coefficient (Wildman–Crippen LogP) is 1.32. The van der Waals surface area contributed by atoms with Gasteiger partial charge in [0.25, 0.3) is 0 Å². The summed E-state index contributed by atoms with van der Waals surface area (Å²) in [5.74, 6) is 0.477. The maximum Gasteiger partial charge on any atom is 0.368 e. The number of nitrogens with zero attached hydrogens (tertiary/aromatic N) is 4. The average molecular weight is 296 g/mol. The lowest BCUT2D eigenvalue weighted by Crippen LogP contribution is -2.29. The van der Waals surface area contributed by atoms with Crippen molar-refractivity contribution in [2.24, 2.45) is 7.05 Å². The molecule has 0 aliphatic heterocycles. The molecule has 2 aromatic rings. The summed E-state index contributed by atoms with van der Waals surface area (Å²) in [5.41, 5.74) is 3.52. The predicted molar refractivity (Wildman–Crippen MR) is 87.3 cm³/mol. The minimum Gasteiger partial charge on any atom is -0.244 e. The fourth-order valence-electron chi connectivity index (χ4n) is 2.77. The molecular formula is C16H21BN4O. The summed E-state index contributed by atoms with van der Waals surface area (Å²) in [7, 11) is 7.92. The molecule has 6 heteroatoms. The van der Waals surface area contributed by atoms with Crippen LogP contribution in [-0.4, -0.2) is 27.6 Å². The number of hydrogen-bond acceptors (Lipinski definition) is 3. The Morgan fingerprint density at radius 2 is 2.00 bits per heavy atom. The minimum atomic E-state index is -0.230. The van der Waals surface area contributed by atoms with E-state index in [0.29, 0.717) is 5.92 Å². The van der Waals surface area contributed by atoms with E-state index in [2.05, 4.69) is 31.2 Å². The number of benzene rings is 1. The lowest BCUT2D eigenvalue weighted by molar-refractivity contribution is 0.508. The van der Waals surface area contributed by atoms with Gasteiger partial charge < -0.3 is 0 Å². The SMILES string of the molecule is [B]c1cc(C2CC2)c(-n2nnn(C)c2=O)cc1C(C)(C)CC. The summed E-state index contributed by atoms with van der Waals surface area (Å²) in [6, 6.07) is 4.06. The van der Waals surface area contributed by atoms with Crippen LogP contribution in [0.5, 0.6) is 0 Å². The van der Waals surface area contributed by atoms with Gasteiger partial charge in [0.05, 0.1) is 5.69 Å². The Kier molecular flexibility index (Phi) is 3.50. The standard InChI is InChI=1S/C16H21BN4O/c1-5-16(2,3)12-9-14(21-15(22)20(4)18-19-21)11(8-13(12)17)10-6-7-10/h8-10H,5-7H2,1-4H3. The van der Waals surface area contributed by atoms with Gasteiger partial charge in [-0.25, -0.2) is 4.79 Å². The third-order valence-corrected chi connectivity index (χ3v) is 4.78. The van der Waals surface area contributed by atoms with Crippen LogP contribution in [0.25, 0.3) is 5.69 Å². The molecular weight excluding hydrogens is 275 g/mol. The molecule has 0 bridgehead atoms. The Bertz CT molecular complexity index is 771. The molecule has 0 amide bonds. The van der Waals surface area contributed by atoms with Crippen molar-refractivity contribution in [3.63, 3.8) is 0 Å². The zero-order chi connectivity index (χ0) is 16.1. The zero-order valence-electron chi connectivity index (χ0n) is 13.6. The molecule has 1 fully saturated rings. The molecule has 2 radical (unpaired) electrons. The Morgan fingerprint density at radius 3 is 2.50 bits per heavy atom. The molecule has 0 atom stereocenters. The normalized spacial score (nSPS) is 15.3. The molecule has 1 aromatic heterocycles. The van der Waals surface area contributed by atoms with Gasteiger partial charge in [-0.05, 0) is 58.2 Å². The van der Waals surface area contributed by atoms with Crippen molar-refractivity contribution in [2.45, 2.75) is 51.4 Å². The van der Waals surface area contributed by atoms with Crippen LogP contribution in [0, 0.1) is 0 Å². The van der Waals surface area contributed by atoms with Gasteiger partial charge in [-0.3, -0.25) is 0 Å². The highest BCUT2D eigenvalue weighted by Crippen LogP contribution is 2.43. The van der Waals surface area contributed by atoms with E-state index < -0.39 is 0 Å². The number of rotatable bonds is 4. The largest absolute Gasteiger partial charge is 0.368 e. The summed E-state index contributed by atoms with van der Waals surface area (Å²) < 4.78 is 2.64. The van der Waals surface area contributed by atoms with Crippen LogP contribution in [-0.2, 0) is 12.5 Å². The van der Waals surface area contributed by atoms with Crippen LogP contribution in [0.3, 0.4) is 0 Å². The molecule has 114 valence electrons. The van der Waals surface area contributed by atoms with E-state index in [-0.39, 0.29) is 11.1 Å². The van der Waals surface area contributed by atoms with Gasteiger partial charge in [0.15, 0.2) is 0 Å². The van der Waals surface area contributed by atoms with Crippen molar-refractivity contribution >= 4 is 13.3 Å². The Morgan fingerprint density at radius 1 is 1.32 bits per heavy atom. The van der Waals surface area contributed by atoms with E-state index in [1.54, 1.807) is 7.05 Å². The molecule has 1 aliphatic rings. The minimum absolute atomic E-state index is 0.0489. The lowest BCUT2D eigenvalue weighted by atomic mass is 9.73. The Balaban J connectivity index is 2.25. The van der Waals surface area contributed by atoms with Gasteiger partial charge in [0, 0.05) is 7.05 Å². The Labute approximate surface area is 131 Å². The summed E-state index contributed by atoms with van der Waals surface area (Å²) >= 11 is 0. The number of tetrazole rings is 1. The first-order chi connectivity index (χ1) is 10.3. The first kappa shape index (κ1) is 15.1. The van der Waals surface area contributed by atoms with E-state index in [4.69, 9.17) is 7.85 Å². The van der Waals surface area contributed by atoms with E-state index in [1.165, 1.54) is 9.36 Å². The summed E-state index contributed by atoms with van der Waals surface area (Å²) in [6.07, 6.45) is 3.24. The topological polar surface area (TPSA) is 52.7 Å². The molecule has 1 aromatic carbocycles. The second-order valence-electron chi connectivity index (χ2n) is 6.81. The maximum atomic E-state index is 12.2. The van der Waals surface area contributed by atoms with Crippen LogP contribution in [0.2, 0.25) is 0 Å². The van der Waals surface area contributed by atoms with Crippen LogP contribution < -0.4 is 11.2 Å². The van der Waals surface area contributed by atoms with Gasteiger partial charge in [-0.1, -0.05) is 32.3 Å². The zero-order valence-corrected chi connectivity index (χ0v) is 13.6. The smallest absolute Gasteiger partial charge is 0.244 e. The molecule has 1 aliphatic carbocycles. The Hall–Kier alpha value is -1.85. The van der Waals surface area contributed by atoms with Crippen molar-refractivity contribution in [1.29, 1.82) is 0 Å². The fraction of sp³-hybridized carbons (Fsp3) is 0.562. The van der Waals surface area contributed by atoms with Gasteiger partial charge in [-0.15, -0.1) is 0 Å². The van der Waals surface area contributed by atoms with Crippen molar-refractivity contribution in [3.05, 3.63) is 33.7 Å². The van der Waals surface area contributed by atoms with Crippen LogP contribution in [0.15, 0.2) is 16.9 Å². The molecule has 5 nitrogen and oxygen atoms in total. The second-order valence-corrected chi connectivity index (χ2v) is 6.81. The molecule has 22 heavy (non-hydrogen) atoms. The van der Waals surface area contributed by atoms with E-state index in [1.807, 2.05) is 12.1 Å². The van der Waals surface area contributed by atoms with Gasteiger partial charge in [0.2, 0.25) is 0 Å². The second kappa shape index (κ2) is 5.11. The quantitative estimate of drug-likeness (QED) is 0.800. The highest BCUT2D eigenvalue weighted by Gasteiger charge is 2.30. The third-order valence-electron chi connectivity index (χ3n) is 4.78. The molecule has 1 saturated carbocycles. The third kappa shape index (κ3) is 2.40. The maximum absolute atomic E-state index is 12.2. The van der Waals surface area contributed by atoms with Crippen LogP contribution in [0.4, 0.5) is 0 Å². The first-order valence-electron chi connectivity index (χ1n) is 7.78. The highest BCUT2D eigenvalue weighted by molar-refractivity contribution is 6.33. The lowest BCUT2D eigenvalue weighted by Gasteiger charge is -2.27. The first-order valence-corrected chi connectivity index (χ1v) is 7.78.